The molecule has 0 heteroatoms. The zero-order chi connectivity index (χ0) is 11.2. The third kappa shape index (κ3) is 13.5. The molecule has 0 rings (SSSR count). The first-order valence-electron chi connectivity index (χ1n) is 6.57. The van der Waals surface area contributed by atoms with Gasteiger partial charge in [0.25, 0.3) is 0 Å². The average molecular weight is 206 g/mol. The number of hydrogen-bond acceptors (Lipinski definition) is 0. The van der Waals surface area contributed by atoms with E-state index in [-0.39, 0.29) is 0 Å². The monoisotopic (exact) mass is 206 g/mol. The molecule has 0 aromatic rings. The SMILES string of the molecule is [C]=CC=CCCCCCCCCCCC. The predicted octanol–water partition coefficient (Wildman–Crippen LogP) is 5.33. The second-order valence-corrected chi connectivity index (χ2v) is 4.21. The van der Waals surface area contributed by atoms with Crippen molar-refractivity contribution in [2.24, 2.45) is 0 Å². The van der Waals surface area contributed by atoms with Gasteiger partial charge in [-0.15, -0.1) is 0 Å². The van der Waals surface area contributed by atoms with Crippen LogP contribution in [-0.2, 0) is 0 Å². The predicted molar refractivity (Wildman–Crippen MR) is 68.8 cm³/mol. The van der Waals surface area contributed by atoms with Gasteiger partial charge in [-0.1, -0.05) is 76.5 Å². The van der Waals surface area contributed by atoms with Crippen molar-refractivity contribution in [3.63, 3.8) is 0 Å². The molecule has 0 bridgehead atoms. The molecular formula is C15H26. The second kappa shape index (κ2) is 13.5. The van der Waals surface area contributed by atoms with E-state index in [1.165, 1.54) is 63.9 Å². The molecule has 0 heterocycles. The maximum atomic E-state index is 6.82. The van der Waals surface area contributed by atoms with Crippen LogP contribution in [-0.4, -0.2) is 0 Å². The van der Waals surface area contributed by atoms with Crippen molar-refractivity contribution in [3.8, 4) is 0 Å². The second-order valence-electron chi connectivity index (χ2n) is 4.21. The Morgan fingerprint density at radius 2 is 1.33 bits per heavy atom. The van der Waals surface area contributed by atoms with E-state index in [1.807, 2.05) is 6.08 Å². The summed E-state index contributed by atoms with van der Waals surface area (Å²) < 4.78 is 0. The first kappa shape index (κ1) is 14.5. The van der Waals surface area contributed by atoms with Crippen molar-refractivity contribution in [1.29, 1.82) is 0 Å². The highest BCUT2D eigenvalue weighted by molar-refractivity contribution is 4.95. The van der Waals surface area contributed by atoms with E-state index >= 15 is 0 Å². The van der Waals surface area contributed by atoms with Crippen LogP contribution in [0, 0.1) is 6.58 Å². The Morgan fingerprint density at radius 1 is 0.800 bits per heavy atom. The number of unbranched alkanes of at least 4 members (excludes halogenated alkanes) is 9. The fraction of sp³-hybridized carbons (Fsp3) is 0.733. The van der Waals surface area contributed by atoms with Gasteiger partial charge in [0.05, 0.1) is 0 Å². The van der Waals surface area contributed by atoms with E-state index in [0.717, 1.165) is 6.42 Å². The van der Waals surface area contributed by atoms with Crippen LogP contribution in [0.3, 0.4) is 0 Å². The van der Waals surface area contributed by atoms with Gasteiger partial charge in [0.2, 0.25) is 0 Å². The zero-order valence-electron chi connectivity index (χ0n) is 10.3. The highest BCUT2D eigenvalue weighted by Crippen LogP contribution is 2.10. The summed E-state index contributed by atoms with van der Waals surface area (Å²) in [5.41, 5.74) is 0. The van der Waals surface area contributed by atoms with E-state index in [1.54, 1.807) is 0 Å². The van der Waals surface area contributed by atoms with Crippen LogP contribution < -0.4 is 0 Å². The molecule has 0 aliphatic heterocycles. The minimum atomic E-state index is 1.14. The lowest BCUT2D eigenvalue weighted by Crippen LogP contribution is -1.80. The lowest BCUT2D eigenvalue weighted by Gasteiger charge is -2.00. The highest BCUT2D eigenvalue weighted by atomic mass is 14.0. The molecule has 86 valence electrons. The Morgan fingerprint density at radius 3 is 1.87 bits per heavy atom. The fourth-order valence-electron chi connectivity index (χ4n) is 1.74. The van der Waals surface area contributed by atoms with Crippen molar-refractivity contribution in [2.45, 2.75) is 71.1 Å². The van der Waals surface area contributed by atoms with Crippen molar-refractivity contribution < 1.29 is 0 Å². The minimum Gasteiger partial charge on any atom is -0.0845 e. The molecule has 0 N–H and O–H groups in total. The van der Waals surface area contributed by atoms with Crippen molar-refractivity contribution in [1.82, 2.24) is 0 Å². The van der Waals surface area contributed by atoms with Crippen LogP contribution in [0.1, 0.15) is 71.1 Å². The van der Waals surface area contributed by atoms with Crippen molar-refractivity contribution in [3.05, 3.63) is 24.8 Å². The molecule has 0 atom stereocenters. The summed E-state index contributed by atoms with van der Waals surface area (Å²) >= 11 is 0. The van der Waals surface area contributed by atoms with Crippen LogP contribution in [0.4, 0.5) is 0 Å². The lowest BCUT2D eigenvalue weighted by atomic mass is 10.1. The summed E-state index contributed by atoms with van der Waals surface area (Å²) in [6.07, 6.45) is 18.9. The number of allylic oxidation sites excluding steroid dienone is 3. The molecule has 0 nitrogen and oxygen atoms in total. The summed E-state index contributed by atoms with van der Waals surface area (Å²) in [5, 5.41) is 0. The summed E-state index contributed by atoms with van der Waals surface area (Å²) in [5.74, 6) is 0. The normalized spacial score (nSPS) is 11.0. The first-order valence-corrected chi connectivity index (χ1v) is 6.57. The molecule has 0 unspecified atom stereocenters. The van der Waals surface area contributed by atoms with E-state index in [0.29, 0.717) is 0 Å². The third-order valence-corrected chi connectivity index (χ3v) is 2.71. The lowest BCUT2D eigenvalue weighted by molar-refractivity contribution is 0.566. The fourth-order valence-corrected chi connectivity index (χ4v) is 1.74. The quantitative estimate of drug-likeness (QED) is 0.316. The van der Waals surface area contributed by atoms with Gasteiger partial charge in [-0.2, -0.15) is 0 Å². The Balaban J connectivity index is 2.92. The molecule has 0 aromatic heterocycles. The van der Waals surface area contributed by atoms with Gasteiger partial charge in [0.1, 0.15) is 0 Å². The largest absolute Gasteiger partial charge is 0.0845 e. The van der Waals surface area contributed by atoms with Crippen LogP contribution in [0.5, 0.6) is 0 Å². The molecule has 0 aliphatic carbocycles. The maximum Gasteiger partial charge on any atom is -0.00991 e. The molecule has 15 heavy (non-hydrogen) atoms. The molecule has 0 amide bonds. The summed E-state index contributed by atoms with van der Waals surface area (Å²) in [6.45, 7) is 9.08. The van der Waals surface area contributed by atoms with E-state index < -0.39 is 0 Å². The standard InChI is InChI=1S/C15H26/c1-3-5-7-9-11-13-15-14-12-10-8-6-4-2/h4,6,8H,3,5,7,9-15H2,1H3. The van der Waals surface area contributed by atoms with E-state index in [9.17, 15) is 0 Å². The Labute approximate surface area is 96.5 Å². The van der Waals surface area contributed by atoms with Gasteiger partial charge in [-0.25, -0.2) is 0 Å². The smallest absolute Gasteiger partial charge is 0.00991 e. The molecule has 0 saturated heterocycles. The van der Waals surface area contributed by atoms with Gasteiger partial charge in [0.15, 0.2) is 0 Å². The Bertz CT molecular complexity index is 144. The van der Waals surface area contributed by atoms with Gasteiger partial charge in [-0.05, 0) is 19.4 Å². The molecular weight excluding hydrogens is 180 g/mol. The molecule has 2 radical (unpaired) electrons. The van der Waals surface area contributed by atoms with Gasteiger partial charge < -0.3 is 0 Å². The van der Waals surface area contributed by atoms with Crippen LogP contribution in [0.25, 0.3) is 0 Å². The van der Waals surface area contributed by atoms with E-state index in [4.69, 9.17) is 6.58 Å². The molecule has 0 fully saturated rings. The highest BCUT2D eigenvalue weighted by Gasteiger charge is 1.90. The Hall–Kier alpha value is -0.520. The molecule has 0 aromatic carbocycles. The van der Waals surface area contributed by atoms with Crippen LogP contribution in [0.2, 0.25) is 0 Å². The summed E-state index contributed by atoms with van der Waals surface area (Å²) in [6, 6.07) is 0. The number of hydrogen-bond donors (Lipinski definition) is 0. The summed E-state index contributed by atoms with van der Waals surface area (Å²) in [4.78, 5) is 0. The molecule has 0 aliphatic rings. The first-order chi connectivity index (χ1) is 7.41. The zero-order valence-corrected chi connectivity index (χ0v) is 10.3. The van der Waals surface area contributed by atoms with Crippen molar-refractivity contribution in [2.75, 3.05) is 0 Å². The average Bonchev–Trinajstić information content (AvgIpc) is 2.26. The molecule has 0 spiro atoms. The topological polar surface area (TPSA) is 0 Å². The van der Waals surface area contributed by atoms with Crippen LogP contribution in [0.15, 0.2) is 18.2 Å². The van der Waals surface area contributed by atoms with Crippen LogP contribution >= 0.6 is 0 Å². The number of rotatable bonds is 11. The maximum absolute atomic E-state index is 6.82. The third-order valence-electron chi connectivity index (χ3n) is 2.71. The van der Waals surface area contributed by atoms with Gasteiger partial charge in [-0.3, -0.25) is 0 Å². The van der Waals surface area contributed by atoms with E-state index in [2.05, 4.69) is 13.0 Å². The Kier molecular flexibility index (Phi) is 13.0. The van der Waals surface area contributed by atoms with Gasteiger partial charge in [0, 0.05) is 0 Å². The summed E-state index contributed by atoms with van der Waals surface area (Å²) in [7, 11) is 0. The van der Waals surface area contributed by atoms with Crippen molar-refractivity contribution >= 4 is 0 Å². The minimum absolute atomic E-state index is 1.14. The molecule has 0 saturated carbocycles. The van der Waals surface area contributed by atoms with Gasteiger partial charge >= 0.3 is 0 Å².